The van der Waals surface area contributed by atoms with Gasteiger partial charge in [0.15, 0.2) is 10.1 Å². The summed E-state index contributed by atoms with van der Waals surface area (Å²) in [5, 5.41) is -6.35. The second-order valence-electron chi connectivity index (χ2n) is 5.04. The van der Waals surface area contributed by atoms with Crippen molar-refractivity contribution < 1.29 is 43.8 Å². The number of rotatable bonds is 7. The van der Waals surface area contributed by atoms with Crippen molar-refractivity contribution in [3.05, 3.63) is 0 Å². The van der Waals surface area contributed by atoms with Gasteiger partial charge in [-0.25, -0.2) is 8.42 Å². The first-order valence-corrected chi connectivity index (χ1v) is 8.34. The van der Waals surface area contributed by atoms with Gasteiger partial charge in [-0.1, -0.05) is 0 Å². The van der Waals surface area contributed by atoms with Gasteiger partial charge in [-0.2, -0.15) is 26.3 Å². The lowest BCUT2D eigenvalue weighted by Gasteiger charge is -2.34. The van der Waals surface area contributed by atoms with E-state index in [-0.39, 0.29) is 0 Å². The van der Waals surface area contributed by atoms with Gasteiger partial charge in [0.2, 0.25) is 0 Å². The minimum atomic E-state index is -6.86. The Bertz CT molecular complexity index is 440. The van der Waals surface area contributed by atoms with Crippen molar-refractivity contribution in [2.24, 2.45) is 0 Å². The zero-order valence-corrected chi connectivity index (χ0v) is 14.5. The molecule has 0 aromatic heterocycles. The van der Waals surface area contributed by atoms with Gasteiger partial charge >= 0.3 is 17.1 Å². The van der Waals surface area contributed by atoms with Crippen LogP contribution in [-0.4, -0.2) is 60.7 Å². The molecule has 0 saturated carbocycles. The summed E-state index contributed by atoms with van der Waals surface area (Å²) in [5.41, 5.74) is 0. The molecule has 0 rings (SSSR count). The van der Waals surface area contributed by atoms with Crippen LogP contribution in [0.25, 0.3) is 0 Å². The number of hydrogen-bond donors (Lipinski definition) is 0. The maximum absolute atomic E-state index is 12.1. The second kappa shape index (κ2) is 8.02. The molecule has 4 nitrogen and oxygen atoms in total. The van der Waals surface area contributed by atoms with Crippen LogP contribution in [-0.2, 0) is 10.1 Å². The first-order chi connectivity index (χ1) is 9.99. The third kappa shape index (κ3) is 5.49. The maximum atomic E-state index is 12.1. The molecule has 23 heavy (non-hydrogen) atoms. The Morgan fingerprint density at radius 2 is 1.09 bits per heavy atom. The predicted molar refractivity (Wildman–Crippen MR) is 72.6 cm³/mol. The molecule has 0 fully saturated rings. The molecule has 0 bridgehead atoms. The van der Waals surface area contributed by atoms with Crippen molar-refractivity contribution in [2.45, 2.75) is 51.7 Å². The van der Waals surface area contributed by atoms with Crippen LogP contribution < -0.4 is 0 Å². The summed E-state index contributed by atoms with van der Waals surface area (Å²) >= 11 is 0. The fraction of sp³-hybridized carbons (Fsp3) is 1.00. The molecule has 0 radical (unpaired) electrons. The van der Waals surface area contributed by atoms with Crippen LogP contribution >= 0.6 is 0 Å². The summed E-state index contributed by atoms with van der Waals surface area (Å²) in [6.45, 7) is 13.6. The van der Waals surface area contributed by atoms with Crippen LogP contribution in [0.1, 0.15) is 34.6 Å². The summed E-state index contributed by atoms with van der Waals surface area (Å²) in [5.74, 6) is -11.6. The van der Waals surface area contributed by atoms with Crippen LogP contribution in [0.2, 0.25) is 0 Å². The highest BCUT2D eigenvalue weighted by Gasteiger charge is 2.72. The van der Waals surface area contributed by atoms with Crippen molar-refractivity contribution in [3.8, 4) is 0 Å². The lowest BCUT2D eigenvalue weighted by molar-refractivity contribution is -0.921. The molecule has 0 saturated heterocycles. The maximum Gasteiger partial charge on any atom is 0.402 e. The molecular weight excluding hydrogens is 352 g/mol. The summed E-state index contributed by atoms with van der Waals surface area (Å²) in [6.07, 6.45) is 0. The van der Waals surface area contributed by atoms with Gasteiger partial charge in [-0.05, 0) is 27.7 Å². The van der Waals surface area contributed by atoms with Gasteiger partial charge in [0.05, 0.1) is 26.2 Å². The highest BCUT2D eigenvalue weighted by atomic mass is 32.2. The van der Waals surface area contributed by atoms with Gasteiger partial charge in [0.25, 0.3) is 0 Å². The zero-order chi connectivity index (χ0) is 19.3. The summed E-state index contributed by atoms with van der Waals surface area (Å²) in [6, 6.07) is 0. The van der Waals surface area contributed by atoms with E-state index in [4.69, 9.17) is 0 Å². The van der Waals surface area contributed by atoms with Gasteiger partial charge in [-0.3, -0.25) is 0 Å². The molecule has 0 aliphatic rings. The summed E-state index contributed by atoms with van der Waals surface area (Å²) in [4.78, 5) is 0. The molecule has 0 unspecified atom stereocenters. The van der Waals surface area contributed by atoms with Crippen molar-refractivity contribution in [2.75, 3.05) is 26.2 Å². The number of alkyl halides is 6. The first-order valence-electron chi connectivity index (χ1n) is 6.93. The molecular formula is C12H23F6NO3S. The Hall–Kier alpha value is -0.550. The van der Waals surface area contributed by atoms with E-state index in [0.29, 0.717) is 0 Å². The molecule has 0 amide bonds. The fourth-order valence-corrected chi connectivity index (χ4v) is 2.25. The SMILES string of the molecule is CC(F)(F)C(F)(F)C(F)(F)S(=O)(=O)[O-].CC[N+](CC)(CC)CC. The predicted octanol–water partition coefficient (Wildman–Crippen LogP) is 3.30. The van der Waals surface area contributed by atoms with Crippen LogP contribution in [0.5, 0.6) is 0 Å². The third-order valence-electron chi connectivity index (χ3n) is 3.91. The van der Waals surface area contributed by atoms with E-state index in [1.54, 1.807) is 0 Å². The van der Waals surface area contributed by atoms with Crippen molar-refractivity contribution >= 4 is 10.1 Å². The van der Waals surface area contributed by atoms with E-state index >= 15 is 0 Å². The Kier molecular flexibility index (Phi) is 8.61. The second-order valence-corrected chi connectivity index (χ2v) is 6.46. The van der Waals surface area contributed by atoms with Gasteiger partial charge in [0, 0.05) is 6.92 Å². The molecule has 142 valence electrons. The Labute approximate surface area is 132 Å². The molecule has 0 aliphatic heterocycles. The Balaban J connectivity index is 0. The molecule has 0 heterocycles. The molecule has 0 aromatic rings. The van der Waals surface area contributed by atoms with Gasteiger partial charge in [-0.15, -0.1) is 0 Å². The third-order valence-corrected chi connectivity index (χ3v) is 4.80. The van der Waals surface area contributed by atoms with E-state index in [9.17, 15) is 39.3 Å². The minimum absolute atomic E-state index is 0.619. The number of quaternary nitrogens is 1. The summed E-state index contributed by atoms with van der Waals surface area (Å²) in [7, 11) is -6.86. The largest absolute Gasteiger partial charge is 0.743 e. The van der Waals surface area contributed by atoms with Crippen LogP contribution in [0.3, 0.4) is 0 Å². The molecule has 0 aromatic carbocycles. The molecule has 0 atom stereocenters. The van der Waals surface area contributed by atoms with E-state index in [1.807, 2.05) is 0 Å². The van der Waals surface area contributed by atoms with E-state index < -0.39 is 34.1 Å². The minimum Gasteiger partial charge on any atom is -0.743 e. The smallest absolute Gasteiger partial charge is 0.402 e. The van der Waals surface area contributed by atoms with Crippen LogP contribution in [0.4, 0.5) is 26.3 Å². The average molecular weight is 375 g/mol. The first kappa shape index (κ1) is 24.7. The normalized spacial score (nSPS) is 14.3. The monoisotopic (exact) mass is 375 g/mol. The van der Waals surface area contributed by atoms with Crippen LogP contribution in [0, 0.1) is 0 Å². The summed E-state index contributed by atoms with van der Waals surface area (Å²) < 4.78 is 102. The Morgan fingerprint density at radius 3 is 1.13 bits per heavy atom. The molecule has 0 N–H and O–H groups in total. The average Bonchev–Trinajstić information content (AvgIpc) is 2.40. The van der Waals surface area contributed by atoms with Crippen molar-refractivity contribution in [1.82, 2.24) is 0 Å². The zero-order valence-electron chi connectivity index (χ0n) is 13.7. The van der Waals surface area contributed by atoms with Gasteiger partial charge < -0.3 is 9.04 Å². The Morgan fingerprint density at radius 1 is 0.826 bits per heavy atom. The highest BCUT2D eigenvalue weighted by Crippen LogP contribution is 2.47. The van der Waals surface area contributed by atoms with Crippen molar-refractivity contribution in [3.63, 3.8) is 0 Å². The standard InChI is InChI=1S/C8H20N.C4H4F6O3S/c1-5-9(6-2,7-3)8-4;1-2(5,6)3(7,8)4(9,10)14(11,12)13/h5-8H2,1-4H3;1H3,(H,11,12,13)/q+1;/p-1. The van der Waals surface area contributed by atoms with E-state index in [2.05, 4.69) is 27.7 Å². The topological polar surface area (TPSA) is 57.2 Å². The van der Waals surface area contributed by atoms with Crippen molar-refractivity contribution in [1.29, 1.82) is 0 Å². The van der Waals surface area contributed by atoms with E-state index in [0.717, 1.165) is 0 Å². The van der Waals surface area contributed by atoms with Gasteiger partial charge in [0.1, 0.15) is 0 Å². The van der Waals surface area contributed by atoms with E-state index in [1.165, 1.54) is 30.7 Å². The number of hydrogen-bond acceptors (Lipinski definition) is 3. The highest BCUT2D eigenvalue weighted by molar-refractivity contribution is 7.86. The lowest BCUT2D eigenvalue weighted by atomic mass is 10.2. The molecule has 11 heteroatoms. The molecule has 0 aliphatic carbocycles. The number of halogens is 6. The fourth-order valence-electron chi connectivity index (χ4n) is 1.75. The lowest BCUT2D eigenvalue weighted by Crippen LogP contribution is -2.56. The molecule has 0 spiro atoms. The van der Waals surface area contributed by atoms with Crippen LogP contribution in [0.15, 0.2) is 0 Å². The number of nitrogens with zero attached hydrogens (tertiary/aromatic N) is 1. The quantitative estimate of drug-likeness (QED) is 0.390.